The van der Waals surface area contributed by atoms with E-state index in [0.29, 0.717) is 11.3 Å². The summed E-state index contributed by atoms with van der Waals surface area (Å²) in [4.78, 5) is 20.8. The smallest absolute Gasteiger partial charge is 0.257 e. The van der Waals surface area contributed by atoms with Crippen molar-refractivity contribution in [3.05, 3.63) is 53.2 Å². The fourth-order valence-corrected chi connectivity index (χ4v) is 5.04. The van der Waals surface area contributed by atoms with Gasteiger partial charge in [0.1, 0.15) is 11.6 Å². The number of aryl methyl sites for hydroxylation is 1. The zero-order valence-electron chi connectivity index (χ0n) is 14.1. The highest BCUT2D eigenvalue weighted by atomic mass is 32.1. The van der Waals surface area contributed by atoms with Crippen LogP contribution in [-0.4, -0.2) is 33.4 Å². The fraction of sp³-hybridized carbons (Fsp3) is 0.368. The lowest BCUT2D eigenvalue weighted by Crippen LogP contribution is -2.33. The number of nitrogens with zero attached hydrogens (tertiary/aromatic N) is 3. The van der Waals surface area contributed by atoms with Crippen molar-refractivity contribution < 1.29 is 9.21 Å². The number of aromatic nitrogens is 2. The molecule has 3 aromatic heterocycles. The van der Waals surface area contributed by atoms with E-state index in [1.165, 1.54) is 10.6 Å². The number of rotatable bonds is 2. The van der Waals surface area contributed by atoms with Gasteiger partial charge in [-0.2, -0.15) is 0 Å². The first-order valence-corrected chi connectivity index (χ1v) is 9.49. The maximum absolute atomic E-state index is 12.8. The predicted octanol–water partition coefficient (Wildman–Crippen LogP) is 3.70. The summed E-state index contributed by atoms with van der Waals surface area (Å²) in [6.45, 7) is 4.35. The molecule has 128 valence electrons. The van der Waals surface area contributed by atoms with Gasteiger partial charge in [0.2, 0.25) is 0 Å². The number of imidazole rings is 1. The average molecular weight is 353 g/mol. The summed E-state index contributed by atoms with van der Waals surface area (Å²) in [5, 5.41) is 2.10. The van der Waals surface area contributed by atoms with Gasteiger partial charge in [-0.15, -0.1) is 11.3 Å². The summed E-state index contributed by atoms with van der Waals surface area (Å²) in [7, 11) is 0. The monoisotopic (exact) mass is 353 g/mol. The van der Waals surface area contributed by atoms with Gasteiger partial charge in [0.25, 0.3) is 5.91 Å². The molecule has 1 fully saturated rings. The van der Waals surface area contributed by atoms with Gasteiger partial charge in [-0.3, -0.25) is 4.79 Å². The van der Waals surface area contributed by atoms with Crippen molar-refractivity contribution in [2.45, 2.75) is 31.7 Å². The molecule has 1 spiro atoms. The van der Waals surface area contributed by atoms with Crippen molar-refractivity contribution in [2.24, 2.45) is 0 Å². The highest BCUT2D eigenvalue weighted by Crippen LogP contribution is 2.44. The van der Waals surface area contributed by atoms with E-state index in [0.717, 1.165) is 38.3 Å². The van der Waals surface area contributed by atoms with Crippen molar-refractivity contribution in [1.29, 1.82) is 0 Å². The second-order valence-corrected chi connectivity index (χ2v) is 7.94. The minimum absolute atomic E-state index is 0.00279. The predicted molar refractivity (Wildman–Crippen MR) is 95.8 cm³/mol. The molecule has 2 aliphatic rings. The Morgan fingerprint density at radius 3 is 2.96 bits per heavy atom. The molecule has 0 radical (unpaired) electrons. The molecule has 0 bridgehead atoms. The van der Waals surface area contributed by atoms with Crippen molar-refractivity contribution >= 4 is 17.2 Å². The van der Waals surface area contributed by atoms with E-state index < -0.39 is 0 Å². The molecule has 0 N–H and O–H groups in total. The van der Waals surface area contributed by atoms with Crippen LogP contribution >= 0.6 is 11.3 Å². The van der Waals surface area contributed by atoms with Crippen LogP contribution in [0, 0.1) is 6.92 Å². The Kier molecular flexibility index (Phi) is 3.19. The summed E-state index contributed by atoms with van der Waals surface area (Å²) in [6, 6.07) is 5.99. The standard InChI is InChI=1S/C19H19N3O2S/c1-13-14(4-9-24-13)17(23)21-7-5-19(12-21)6-8-22-15(11-20-18(19)22)16-3-2-10-25-16/h2-4,9-11H,5-8,12H2,1H3. The maximum Gasteiger partial charge on any atom is 0.257 e. The SMILES string of the molecule is Cc1occc1C(=O)N1CCC2(CCn3c(-c4cccs4)cnc32)C1. The zero-order valence-corrected chi connectivity index (χ0v) is 14.9. The van der Waals surface area contributed by atoms with Crippen LogP contribution in [0.15, 0.2) is 40.5 Å². The Balaban J connectivity index is 1.44. The molecule has 2 aliphatic heterocycles. The van der Waals surface area contributed by atoms with Crippen LogP contribution in [-0.2, 0) is 12.0 Å². The molecule has 3 aromatic rings. The molecule has 1 amide bonds. The van der Waals surface area contributed by atoms with Gasteiger partial charge in [-0.1, -0.05) is 6.07 Å². The van der Waals surface area contributed by atoms with E-state index >= 15 is 0 Å². The first-order chi connectivity index (χ1) is 12.2. The molecule has 0 saturated carbocycles. The second kappa shape index (κ2) is 5.33. The molecule has 5 rings (SSSR count). The van der Waals surface area contributed by atoms with Gasteiger partial charge in [-0.25, -0.2) is 4.98 Å². The normalized spacial score (nSPS) is 22.0. The van der Waals surface area contributed by atoms with Crippen LogP contribution in [0.25, 0.3) is 10.6 Å². The molecule has 1 saturated heterocycles. The third kappa shape index (κ3) is 2.13. The van der Waals surface area contributed by atoms with E-state index in [9.17, 15) is 4.79 Å². The summed E-state index contributed by atoms with van der Waals surface area (Å²) < 4.78 is 7.65. The molecular formula is C19H19N3O2S. The second-order valence-electron chi connectivity index (χ2n) is 6.99. The minimum Gasteiger partial charge on any atom is -0.469 e. The van der Waals surface area contributed by atoms with Crippen molar-refractivity contribution in [3.63, 3.8) is 0 Å². The topological polar surface area (TPSA) is 51.3 Å². The fourth-order valence-electron chi connectivity index (χ4n) is 4.29. The number of carbonyl (C=O) groups excluding carboxylic acids is 1. The maximum atomic E-state index is 12.8. The van der Waals surface area contributed by atoms with Crippen LogP contribution < -0.4 is 0 Å². The molecule has 0 aliphatic carbocycles. The van der Waals surface area contributed by atoms with Crippen LogP contribution in [0.3, 0.4) is 0 Å². The number of hydrogen-bond acceptors (Lipinski definition) is 4. The van der Waals surface area contributed by atoms with E-state index in [-0.39, 0.29) is 11.3 Å². The van der Waals surface area contributed by atoms with Gasteiger partial charge >= 0.3 is 0 Å². The summed E-state index contributed by atoms with van der Waals surface area (Å²) in [5.41, 5.74) is 1.89. The Hall–Kier alpha value is -2.34. The zero-order chi connectivity index (χ0) is 17.0. The lowest BCUT2D eigenvalue weighted by molar-refractivity contribution is 0.0781. The Morgan fingerprint density at radius 2 is 2.20 bits per heavy atom. The molecule has 25 heavy (non-hydrogen) atoms. The van der Waals surface area contributed by atoms with Gasteiger partial charge in [0, 0.05) is 25.0 Å². The summed E-state index contributed by atoms with van der Waals surface area (Å²) >= 11 is 1.75. The van der Waals surface area contributed by atoms with Gasteiger partial charge in [0.05, 0.1) is 28.6 Å². The average Bonchev–Trinajstić information content (AvgIpc) is 3.38. The number of amides is 1. The van der Waals surface area contributed by atoms with E-state index in [1.54, 1.807) is 23.7 Å². The number of thiophene rings is 1. The van der Waals surface area contributed by atoms with Crippen LogP contribution in [0.5, 0.6) is 0 Å². The first kappa shape index (κ1) is 15.0. The quantitative estimate of drug-likeness (QED) is 0.706. The minimum atomic E-state index is 0.00279. The summed E-state index contributed by atoms with van der Waals surface area (Å²) in [5.74, 6) is 1.92. The number of fused-ring (bicyclic) bond motifs is 2. The lowest BCUT2D eigenvalue weighted by atomic mass is 9.85. The molecule has 0 aromatic carbocycles. The molecule has 5 heterocycles. The Labute approximate surface area is 149 Å². The van der Waals surface area contributed by atoms with Gasteiger partial charge < -0.3 is 13.9 Å². The van der Waals surface area contributed by atoms with Crippen molar-refractivity contribution in [2.75, 3.05) is 13.1 Å². The lowest BCUT2D eigenvalue weighted by Gasteiger charge is -2.22. The highest BCUT2D eigenvalue weighted by molar-refractivity contribution is 7.13. The van der Waals surface area contributed by atoms with E-state index in [4.69, 9.17) is 9.40 Å². The summed E-state index contributed by atoms with van der Waals surface area (Å²) in [6.07, 6.45) is 5.62. The van der Waals surface area contributed by atoms with Gasteiger partial charge in [0.15, 0.2) is 0 Å². The molecule has 6 heteroatoms. The highest BCUT2D eigenvalue weighted by Gasteiger charge is 2.48. The molecule has 5 nitrogen and oxygen atoms in total. The molecule has 1 unspecified atom stereocenters. The van der Waals surface area contributed by atoms with Crippen molar-refractivity contribution in [1.82, 2.24) is 14.5 Å². The van der Waals surface area contributed by atoms with Crippen LogP contribution in [0.2, 0.25) is 0 Å². The first-order valence-electron chi connectivity index (χ1n) is 8.61. The van der Waals surface area contributed by atoms with E-state index in [2.05, 4.69) is 22.1 Å². The van der Waals surface area contributed by atoms with Gasteiger partial charge in [-0.05, 0) is 37.3 Å². The third-order valence-corrected chi connectivity index (χ3v) is 6.54. The van der Waals surface area contributed by atoms with Crippen LogP contribution in [0.4, 0.5) is 0 Å². The number of likely N-dealkylation sites (tertiary alicyclic amines) is 1. The molecular weight excluding hydrogens is 334 g/mol. The third-order valence-electron chi connectivity index (χ3n) is 5.65. The molecule has 1 atom stereocenters. The Morgan fingerprint density at radius 1 is 1.32 bits per heavy atom. The largest absolute Gasteiger partial charge is 0.469 e. The van der Waals surface area contributed by atoms with Crippen LogP contribution in [0.1, 0.15) is 34.8 Å². The van der Waals surface area contributed by atoms with Crippen molar-refractivity contribution in [3.8, 4) is 10.6 Å². The number of hydrogen-bond donors (Lipinski definition) is 0. The number of carbonyl (C=O) groups is 1. The Bertz CT molecular complexity index is 940. The van der Waals surface area contributed by atoms with E-state index in [1.807, 2.05) is 18.0 Å². The number of furan rings is 1.